The molecular weight excluding hydrogens is 288 g/mol. The van der Waals surface area contributed by atoms with Crippen LogP contribution in [0, 0.1) is 0 Å². The number of halogens is 1. The summed E-state index contributed by atoms with van der Waals surface area (Å²) >= 11 is 6.06. The third-order valence-corrected chi connectivity index (χ3v) is 4.61. The van der Waals surface area contributed by atoms with Crippen molar-refractivity contribution in [1.82, 2.24) is 19.7 Å². The molecule has 0 bridgehead atoms. The number of aromatic nitrogens is 1. The number of carbonyl (C=O) groups excluding carboxylic acids is 1. The highest BCUT2D eigenvalue weighted by atomic mass is 35.5. The van der Waals surface area contributed by atoms with Gasteiger partial charge in [-0.1, -0.05) is 11.6 Å². The van der Waals surface area contributed by atoms with Crippen LogP contribution in [0.5, 0.6) is 0 Å². The van der Waals surface area contributed by atoms with Crippen LogP contribution in [0.4, 0.5) is 0 Å². The molecule has 1 amide bonds. The molecule has 3 rings (SSSR count). The quantitative estimate of drug-likeness (QED) is 0.919. The summed E-state index contributed by atoms with van der Waals surface area (Å²) in [5.74, 6) is 0.0991. The normalized spacial score (nSPS) is 20.9. The van der Waals surface area contributed by atoms with Gasteiger partial charge in [0.2, 0.25) is 0 Å². The Kier molecular flexibility index (Phi) is 4.24. The van der Waals surface area contributed by atoms with E-state index in [2.05, 4.69) is 24.1 Å². The van der Waals surface area contributed by atoms with Crippen LogP contribution in [-0.2, 0) is 0 Å². The lowest BCUT2D eigenvalue weighted by Gasteiger charge is -2.46. The number of nitrogens with zero attached hydrogens (tertiary/aromatic N) is 3. The Bertz CT molecular complexity index is 516. The highest BCUT2D eigenvalue weighted by Crippen LogP contribution is 2.23. The van der Waals surface area contributed by atoms with Crippen molar-refractivity contribution in [3.05, 3.63) is 23.0 Å². The van der Waals surface area contributed by atoms with Gasteiger partial charge in [0.25, 0.3) is 5.91 Å². The number of hydrogen-bond donors (Lipinski definition) is 1. The summed E-state index contributed by atoms with van der Waals surface area (Å²) in [6.45, 7) is 10.1. The maximum Gasteiger partial charge on any atom is 0.270 e. The van der Waals surface area contributed by atoms with Crippen LogP contribution in [0.15, 0.2) is 12.3 Å². The summed E-state index contributed by atoms with van der Waals surface area (Å²) in [7, 11) is 0. The Morgan fingerprint density at radius 2 is 2.00 bits per heavy atom. The molecule has 2 saturated heterocycles. The Labute approximate surface area is 130 Å². The molecular formula is C15H23ClN4O. The Balaban J connectivity index is 1.63. The maximum atomic E-state index is 12.6. The fourth-order valence-corrected chi connectivity index (χ4v) is 3.31. The van der Waals surface area contributed by atoms with Gasteiger partial charge in [0, 0.05) is 57.5 Å². The fraction of sp³-hybridized carbons (Fsp3) is 0.667. The smallest absolute Gasteiger partial charge is 0.270 e. The predicted molar refractivity (Wildman–Crippen MR) is 84.0 cm³/mol. The van der Waals surface area contributed by atoms with Crippen molar-refractivity contribution in [3.8, 4) is 0 Å². The number of nitrogens with one attached hydrogen (secondary N) is 1. The molecule has 1 N–H and O–H groups in total. The van der Waals surface area contributed by atoms with Crippen molar-refractivity contribution in [2.24, 2.45) is 0 Å². The fourth-order valence-electron chi connectivity index (χ4n) is 3.11. The predicted octanol–water partition coefficient (Wildman–Crippen LogP) is 1.45. The van der Waals surface area contributed by atoms with E-state index < -0.39 is 0 Å². The van der Waals surface area contributed by atoms with Gasteiger partial charge in [-0.05, 0) is 19.9 Å². The van der Waals surface area contributed by atoms with Crippen LogP contribution >= 0.6 is 11.6 Å². The maximum absolute atomic E-state index is 12.6. The third kappa shape index (κ3) is 2.96. The van der Waals surface area contributed by atoms with Crippen LogP contribution in [0.3, 0.4) is 0 Å². The zero-order valence-electron chi connectivity index (χ0n) is 12.7. The first-order chi connectivity index (χ1) is 10.1. The zero-order valence-corrected chi connectivity index (χ0v) is 13.4. The summed E-state index contributed by atoms with van der Waals surface area (Å²) in [6, 6.07) is 2.54. The van der Waals surface area contributed by atoms with Gasteiger partial charge in [0.05, 0.1) is 5.02 Å². The molecule has 0 unspecified atom stereocenters. The highest BCUT2D eigenvalue weighted by Gasteiger charge is 2.36. The number of carbonyl (C=O) groups is 1. The highest BCUT2D eigenvalue weighted by molar-refractivity contribution is 6.31. The van der Waals surface area contributed by atoms with Crippen LogP contribution in [0.2, 0.25) is 5.02 Å². The first-order valence-corrected chi connectivity index (χ1v) is 8.05. The molecule has 1 aromatic rings. The SMILES string of the molecule is CC(C)n1cc(Cl)cc1C(=O)N1CC(N2CCNCC2)C1. The van der Waals surface area contributed by atoms with Gasteiger partial charge in [-0.3, -0.25) is 9.69 Å². The van der Waals surface area contributed by atoms with Crippen molar-refractivity contribution < 1.29 is 4.79 Å². The van der Waals surface area contributed by atoms with Crippen molar-refractivity contribution in [2.45, 2.75) is 25.9 Å². The van der Waals surface area contributed by atoms with Gasteiger partial charge >= 0.3 is 0 Å². The van der Waals surface area contributed by atoms with Crippen LogP contribution in [-0.4, -0.2) is 65.6 Å². The van der Waals surface area contributed by atoms with Crippen LogP contribution in [0.25, 0.3) is 0 Å². The summed E-state index contributed by atoms with van der Waals surface area (Å²) in [5, 5.41) is 3.99. The summed E-state index contributed by atoms with van der Waals surface area (Å²) in [5.41, 5.74) is 0.703. The van der Waals surface area contributed by atoms with Crippen molar-refractivity contribution in [1.29, 1.82) is 0 Å². The third-order valence-electron chi connectivity index (χ3n) is 4.41. The van der Waals surface area contributed by atoms with E-state index in [0.29, 0.717) is 16.8 Å². The zero-order chi connectivity index (χ0) is 15.0. The van der Waals surface area contributed by atoms with E-state index >= 15 is 0 Å². The molecule has 3 heterocycles. The molecule has 116 valence electrons. The van der Waals surface area contributed by atoms with Crippen molar-refractivity contribution in [3.63, 3.8) is 0 Å². The van der Waals surface area contributed by atoms with E-state index in [1.165, 1.54) is 0 Å². The molecule has 0 spiro atoms. The molecule has 0 saturated carbocycles. The summed E-state index contributed by atoms with van der Waals surface area (Å²) in [6.07, 6.45) is 1.84. The van der Waals surface area contributed by atoms with Gasteiger partial charge in [0.15, 0.2) is 0 Å². The second-order valence-corrected chi connectivity index (χ2v) is 6.63. The minimum atomic E-state index is 0.0991. The van der Waals surface area contributed by atoms with E-state index in [9.17, 15) is 4.79 Å². The summed E-state index contributed by atoms with van der Waals surface area (Å²) < 4.78 is 1.96. The topological polar surface area (TPSA) is 40.5 Å². The molecule has 6 heteroatoms. The summed E-state index contributed by atoms with van der Waals surface area (Å²) in [4.78, 5) is 17.0. The Morgan fingerprint density at radius 3 is 2.62 bits per heavy atom. The number of likely N-dealkylation sites (tertiary alicyclic amines) is 1. The molecule has 5 nitrogen and oxygen atoms in total. The molecule has 2 aliphatic rings. The van der Waals surface area contributed by atoms with Crippen LogP contribution < -0.4 is 5.32 Å². The second kappa shape index (κ2) is 5.99. The molecule has 1 aromatic heterocycles. The minimum Gasteiger partial charge on any atom is -0.339 e. The van der Waals surface area contributed by atoms with E-state index in [4.69, 9.17) is 11.6 Å². The van der Waals surface area contributed by atoms with E-state index in [-0.39, 0.29) is 11.9 Å². The Hall–Kier alpha value is -1.04. The molecule has 0 aromatic carbocycles. The number of amides is 1. The lowest BCUT2D eigenvalue weighted by atomic mass is 10.1. The van der Waals surface area contributed by atoms with E-state index in [0.717, 1.165) is 39.3 Å². The van der Waals surface area contributed by atoms with E-state index in [1.807, 2.05) is 15.7 Å². The van der Waals surface area contributed by atoms with Crippen molar-refractivity contribution >= 4 is 17.5 Å². The molecule has 2 aliphatic heterocycles. The largest absolute Gasteiger partial charge is 0.339 e. The molecule has 0 atom stereocenters. The van der Waals surface area contributed by atoms with Gasteiger partial charge in [-0.15, -0.1) is 0 Å². The Morgan fingerprint density at radius 1 is 1.33 bits per heavy atom. The average Bonchev–Trinajstić information content (AvgIpc) is 2.80. The van der Waals surface area contributed by atoms with Gasteiger partial charge in [-0.25, -0.2) is 0 Å². The molecule has 2 fully saturated rings. The first-order valence-electron chi connectivity index (χ1n) is 7.67. The van der Waals surface area contributed by atoms with Gasteiger partial charge in [0.1, 0.15) is 5.69 Å². The number of piperazine rings is 1. The molecule has 0 aliphatic carbocycles. The monoisotopic (exact) mass is 310 g/mol. The number of hydrogen-bond acceptors (Lipinski definition) is 3. The van der Waals surface area contributed by atoms with Crippen molar-refractivity contribution in [2.75, 3.05) is 39.3 Å². The lowest BCUT2D eigenvalue weighted by Crippen LogP contribution is -2.64. The van der Waals surface area contributed by atoms with Gasteiger partial charge < -0.3 is 14.8 Å². The van der Waals surface area contributed by atoms with Gasteiger partial charge in [-0.2, -0.15) is 0 Å². The average molecular weight is 311 g/mol. The minimum absolute atomic E-state index is 0.0991. The number of rotatable bonds is 3. The first kappa shape index (κ1) is 14.9. The van der Waals surface area contributed by atoms with E-state index in [1.54, 1.807) is 6.07 Å². The second-order valence-electron chi connectivity index (χ2n) is 6.19. The van der Waals surface area contributed by atoms with Crippen LogP contribution in [0.1, 0.15) is 30.4 Å². The lowest BCUT2D eigenvalue weighted by molar-refractivity contribution is 0.0218. The standard InChI is InChI=1S/C15H23ClN4O/c1-11(2)20-8-12(16)7-14(20)15(21)19-9-13(10-19)18-5-3-17-4-6-18/h7-8,11,13,17H,3-6,9-10H2,1-2H3. The molecule has 21 heavy (non-hydrogen) atoms. The molecule has 0 radical (unpaired) electrons.